The summed E-state index contributed by atoms with van der Waals surface area (Å²) in [5.41, 5.74) is 0. The molecule has 2 rings (SSSR count). The zero-order valence-electron chi connectivity index (χ0n) is 12.0. The number of hydrogen-bond acceptors (Lipinski definition) is 11. The van der Waals surface area contributed by atoms with Gasteiger partial charge in [-0.2, -0.15) is 0 Å². The van der Waals surface area contributed by atoms with Gasteiger partial charge >= 0.3 is 0 Å². The third kappa shape index (κ3) is 3.81. The fourth-order valence-electron chi connectivity index (χ4n) is 2.46. The molecule has 0 saturated carbocycles. The molecule has 23 heavy (non-hydrogen) atoms. The van der Waals surface area contributed by atoms with E-state index in [2.05, 4.69) is 0 Å². The Morgan fingerprint density at radius 2 is 1.22 bits per heavy atom. The number of hydrogen-bond donors (Lipinski definition) is 8. The SMILES string of the molecule is OC[C@@H]1O[C@H](OC[C@@H]2O[C@@H](O)[C@H](O)[C@@H](O)[C@@H]2O)[C@@H](O)[C@H](O)[C@H]1O. The molecule has 0 amide bonds. The number of aliphatic hydroxyl groups is 8. The van der Waals surface area contributed by atoms with E-state index in [9.17, 15) is 35.7 Å². The van der Waals surface area contributed by atoms with Crippen molar-refractivity contribution in [1.82, 2.24) is 0 Å². The first kappa shape index (κ1) is 18.9. The van der Waals surface area contributed by atoms with Crippen molar-refractivity contribution in [3.8, 4) is 0 Å². The molecule has 10 atom stereocenters. The van der Waals surface area contributed by atoms with Gasteiger partial charge in [-0.3, -0.25) is 0 Å². The molecule has 0 radical (unpaired) electrons. The van der Waals surface area contributed by atoms with E-state index in [0.717, 1.165) is 0 Å². The Bertz CT molecular complexity index is 380. The van der Waals surface area contributed by atoms with Gasteiger partial charge < -0.3 is 55.1 Å². The first-order valence-corrected chi connectivity index (χ1v) is 7.07. The van der Waals surface area contributed by atoms with Gasteiger partial charge in [0.1, 0.15) is 48.8 Å². The minimum Gasteiger partial charge on any atom is -0.394 e. The van der Waals surface area contributed by atoms with Crippen LogP contribution in [0.1, 0.15) is 0 Å². The molecule has 2 heterocycles. The van der Waals surface area contributed by atoms with Gasteiger partial charge in [-0.15, -0.1) is 0 Å². The molecule has 0 aromatic carbocycles. The largest absolute Gasteiger partial charge is 0.394 e. The lowest BCUT2D eigenvalue weighted by molar-refractivity contribution is -0.325. The van der Waals surface area contributed by atoms with Crippen molar-refractivity contribution < 1.29 is 55.1 Å². The minimum absolute atomic E-state index is 0.468. The predicted octanol–water partition coefficient (Wildman–Crippen LogP) is -5.40. The smallest absolute Gasteiger partial charge is 0.186 e. The van der Waals surface area contributed by atoms with E-state index in [1.54, 1.807) is 0 Å². The van der Waals surface area contributed by atoms with Crippen LogP contribution in [0.25, 0.3) is 0 Å². The van der Waals surface area contributed by atoms with Crippen molar-refractivity contribution in [2.24, 2.45) is 0 Å². The molecule has 0 aromatic rings. The molecule has 2 aliphatic heterocycles. The second kappa shape index (κ2) is 7.63. The molecule has 11 nitrogen and oxygen atoms in total. The second-order valence-corrected chi connectivity index (χ2v) is 5.57. The van der Waals surface area contributed by atoms with Crippen LogP contribution in [0, 0.1) is 0 Å². The van der Waals surface area contributed by atoms with Crippen LogP contribution < -0.4 is 0 Å². The van der Waals surface area contributed by atoms with Crippen LogP contribution in [0.3, 0.4) is 0 Å². The molecule has 0 aromatic heterocycles. The van der Waals surface area contributed by atoms with Gasteiger partial charge in [-0.1, -0.05) is 0 Å². The lowest BCUT2D eigenvalue weighted by Crippen LogP contribution is -2.61. The zero-order chi connectivity index (χ0) is 17.3. The number of rotatable bonds is 4. The highest BCUT2D eigenvalue weighted by atomic mass is 16.7. The molecule has 2 aliphatic rings. The van der Waals surface area contributed by atoms with E-state index in [0.29, 0.717) is 0 Å². The van der Waals surface area contributed by atoms with Gasteiger partial charge in [0, 0.05) is 0 Å². The van der Waals surface area contributed by atoms with Gasteiger partial charge in [0.15, 0.2) is 12.6 Å². The quantitative estimate of drug-likeness (QED) is 0.243. The van der Waals surface area contributed by atoms with Crippen LogP contribution in [0.2, 0.25) is 0 Å². The first-order valence-electron chi connectivity index (χ1n) is 7.07. The van der Waals surface area contributed by atoms with E-state index in [-0.39, 0.29) is 0 Å². The Morgan fingerprint density at radius 3 is 1.83 bits per heavy atom. The molecule has 11 heteroatoms. The summed E-state index contributed by atoms with van der Waals surface area (Å²) >= 11 is 0. The van der Waals surface area contributed by atoms with Crippen LogP contribution in [-0.2, 0) is 14.2 Å². The summed E-state index contributed by atoms with van der Waals surface area (Å²) in [5, 5.41) is 76.1. The molecule has 0 spiro atoms. The molecule has 8 N–H and O–H groups in total. The van der Waals surface area contributed by atoms with E-state index < -0.39 is 74.6 Å². The Morgan fingerprint density at radius 1 is 0.652 bits per heavy atom. The van der Waals surface area contributed by atoms with Gasteiger partial charge in [0.05, 0.1) is 13.2 Å². The average molecular weight is 342 g/mol. The Hall–Kier alpha value is -0.440. The lowest BCUT2D eigenvalue weighted by atomic mass is 9.98. The summed E-state index contributed by atoms with van der Waals surface area (Å²) in [6.45, 7) is -1.10. The van der Waals surface area contributed by atoms with Crippen LogP contribution in [0.4, 0.5) is 0 Å². The summed E-state index contributed by atoms with van der Waals surface area (Å²) in [5.74, 6) is 0. The summed E-state index contributed by atoms with van der Waals surface area (Å²) in [4.78, 5) is 0. The summed E-state index contributed by atoms with van der Waals surface area (Å²) in [6.07, 6.45) is -15.3. The normalized spacial score (nSPS) is 51.7. The molecule has 0 unspecified atom stereocenters. The summed E-state index contributed by atoms with van der Waals surface area (Å²) in [7, 11) is 0. The number of aliphatic hydroxyl groups excluding tert-OH is 8. The van der Waals surface area contributed by atoms with E-state index in [1.165, 1.54) is 0 Å². The third-order valence-electron chi connectivity index (χ3n) is 3.96. The highest BCUT2D eigenvalue weighted by Crippen LogP contribution is 2.24. The highest BCUT2D eigenvalue weighted by Gasteiger charge is 2.46. The van der Waals surface area contributed by atoms with Crippen LogP contribution in [0.5, 0.6) is 0 Å². The van der Waals surface area contributed by atoms with Gasteiger partial charge in [0.2, 0.25) is 0 Å². The number of ether oxygens (including phenoxy) is 3. The van der Waals surface area contributed by atoms with Crippen LogP contribution in [-0.4, -0.2) is 115 Å². The summed E-state index contributed by atoms with van der Waals surface area (Å²) in [6, 6.07) is 0. The fraction of sp³-hybridized carbons (Fsp3) is 1.00. The second-order valence-electron chi connectivity index (χ2n) is 5.57. The van der Waals surface area contributed by atoms with E-state index >= 15 is 0 Å². The lowest BCUT2D eigenvalue weighted by Gasteiger charge is -2.41. The molecule has 2 saturated heterocycles. The first-order chi connectivity index (χ1) is 10.8. The topological polar surface area (TPSA) is 190 Å². The van der Waals surface area contributed by atoms with Crippen molar-refractivity contribution in [2.75, 3.05) is 13.2 Å². The molecule has 2 fully saturated rings. The van der Waals surface area contributed by atoms with Gasteiger partial charge in [-0.05, 0) is 0 Å². The minimum atomic E-state index is -1.74. The van der Waals surface area contributed by atoms with Crippen LogP contribution in [0.15, 0.2) is 0 Å². The fourth-order valence-corrected chi connectivity index (χ4v) is 2.46. The van der Waals surface area contributed by atoms with Crippen molar-refractivity contribution >= 4 is 0 Å². The average Bonchev–Trinajstić information content (AvgIpc) is 2.54. The van der Waals surface area contributed by atoms with Gasteiger partial charge in [0.25, 0.3) is 0 Å². The molecular weight excluding hydrogens is 320 g/mol. The van der Waals surface area contributed by atoms with Crippen molar-refractivity contribution in [2.45, 2.75) is 61.4 Å². The van der Waals surface area contributed by atoms with Crippen molar-refractivity contribution in [3.63, 3.8) is 0 Å². The monoisotopic (exact) mass is 342 g/mol. The standard InChI is InChI=1S/C12H22O11/c13-1-3-5(14)8(17)10(19)12(23-3)21-2-4-6(15)7(16)9(18)11(20)22-4/h3-20H,1-2H2/t3-,4-,5-,6+,7-,8+,9+,10-,11+,12-/m0/s1. The Kier molecular flexibility index (Phi) is 6.27. The van der Waals surface area contributed by atoms with E-state index in [4.69, 9.17) is 19.3 Å². The molecule has 0 aliphatic carbocycles. The van der Waals surface area contributed by atoms with Crippen LogP contribution >= 0.6 is 0 Å². The Balaban J connectivity index is 1.94. The maximum absolute atomic E-state index is 9.78. The molecule has 0 bridgehead atoms. The van der Waals surface area contributed by atoms with Crippen molar-refractivity contribution in [3.05, 3.63) is 0 Å². The highest BCUT2D eigenvalue weighted by molar-refractivity contribution is 4.91. The predicted molar refractivity (Wildman–Crippen MR) is 68.6 cm³/mol. The Labute approximate surface area is 130 Å². The maximum Gasteiger partial charge on any atom is 0.186 e. The maximum atomic E-state index is 9.78. The zero-order valence-corrected chi connectivity index (χ0v) is 12.0. The summed E-state index contributed by atoms with van der Waals surface area (Å²) < 4.78 is 15.1. The van der Waals surface area contributed by atoms with Crippen molar-refractivity contribution in [1.29, 1.82) is 0 Å². The molecular formula is C12H22O11. The molecule has 136 valence electrons. The van der Waals surface area contributed by atoms with E-state index in [1.807, 2.05) is 0 Å². The van der Waals surface area contributed by atoms with Gasteiger partial charge in [-0.25, -0.2) is 0 Å². The third-order valence-corrected chi connectivity index (χ3v) is 3.96.